The third-order valence-corrected chi connectivity index (χ3v) is 5.17. The van der Waals surface area contributed by atoms with Crippen molar-refractivity contribution in [2.45, 2.75) is 24.2 Å². The molecule has 2 aliphatic heterocycles. The molecule has 4 rings (SSSR count). The monoisotopic (exact) mass is 377 g/mol. The Morgan fingerprint density at radius 1 is 1.19 bits per heavy atom. The van der Waals surface area contributed by atoms with Gasteiger partial charge in [0, 0.05) is 19.3 Å². The van der Waals surface area contributed by atoms with E-state index in [1.165, 1.54) is 12.3 Å². The van der Waals surface area contributed by atoms with Gasteiger partial charge in [0.15, 0.2) is 0 Å². The topological polar surface area (TPSA) is 54.5 Å². The molecule has 8 heteroatoms. The molecule has 0 unspecified atom stereocenters. The summed E-state index contributed by atoms with van der Waals surface area (Å²) in [6.45, 7) is 0.409. The van der Waals surface area contributed by atoms with E-state index in [2.05, 4.69) is 10.3 Å². The molecule has 1 aromatic carbocycles. The van der Waals surface area contributed by atoms with Gasteiger partial charge in [-0.25, -0.2) is 4.98 Å². The van der Waals surface area contributed by atoms with Crippen LogP contribution in [0.4, 0.5) is 19.0 Å². The predicted molar refractivity (Wildman–Crippen MR) is 92.1 cm³/mol. The highest BCUT2D eigenvalue weighted by molar-refractivity contribution is 5.79. The van der Waals surface area contributed by atoms with Crippen LogP contribution >= 0.6 is 0 Å². The molecule has 1 aromatic heterocycles. The molecule has 1 N–H and O–H groups in total. The van der Waals surface area contributed by atoms with Crippen molar-refractivity contribution in [2.24, 2.45) is 0 Å². The molecule has 2 aromatic rings. The lowest BCUT2D eigenvalue weighted by atomic mass is 9.77. The SMILES string of the molecule is O=C1CO[C@@H]2CN(c3ncccc3C(F)(F)F)CC[C@@]2(c2ccccc2)N1. The maximum atomic E-state index is 13.4. The molecule has 3 heterocycles. The smallest absolute Gasteiger partial charge is 0.364 e. The van der Waals surface area contributed by atoms with Crippen LogP contribution in [0.1, 0.15) is 17.5 Å². The zero-order valence-corrected chi connectivity index (χ0v) is 14.4. The summed E-state index contributed by atoms with van der Waals surface area (Å²) < 4.78 is 45.9. The van der Waals surface area contributed by atoms with Crippen LogP contribution in [0.3, 0.4) is 0 Å². The van der Waals surface area contributed by atoms with Crippen molar-refractivity contribution in [1.29, 1.82) is 0 Å². The molecular weight excluding hydrogens is 359 g/mol. The van der Waals surface area contributed by atoms with E-state index in [0.29, 0.717) is 13.0 Å². The van der Waals surface area contributed by atoms with Crippen molar-refractivity contribution >= 4 is 11.7 Å². The van der Waals surface area contributed by atoms with E-state index in [9.17, 15) is 18.0 Å². The standard InChI is InChI=1S/C19H18F3N3O2/c20-19(21,22)14-7-4-9-23-17(14)25-10-8-18(13-5-2-1-3-6-13)15(11-25)27-12-16(26)24-18/h1-7,9,15H,8,10-12H2,(H,24,26)/t15-,18+/m1/s1. The summed E-state index contributed by atoms with van der Waals surface area (Å²) in [5.41, 5.74) is -0.628. The number of anilines is 1. The Morgan fingerprint density at radius 3 is 2.70 bits per heavy atom. The normalized spacial score (nSPS) is 25.7. The van der Waals surface area contributed by atoms with Crippen molar-refractivity contribution in [3.05, 3.63) is 59.8 Å². The second-order valence-electron chi connectivity index (χ2n) is 6.75. The molecule has 2 fully saturated rings. The highest BCUT2D eigenvalue weighted by atomic mass is 19.4. The van der Waals surface area contributed by atoms with Gasteiger partial charge in [0.25, 0.3) is 0 Å². The molecule has 142 valence electrons. The van der Waals surface area contributed by atoms with E-state index in [0.717, 1.165) is 11.6 Å². The molecule has 2 aliphatic rings. The number of morpholine rings is 1. The van der Waals surface area contributed by atoms with Gasteiger partial charge in [-0.3, -0.25) is 4.79 Å². The Hall–Kier alpha value is -2.61. The van der Waals surface area contributed by atoms with Crippen molar-refractivity contribution < 1.29 is 22.7 Å². The van der Waals surface area contributed by atoms with Gasteiger partial charge in [0.05, 0.1) is 11.1 Å². The maximum absolute atomic E-state index is 13.4. The lowest BCUT2D eigenvalue weighted by Crippen LogP contribution is -2.66. The van der Waals surface area contributed by atoms with Gasteiger partial charge in [-0.05, 0) is 24.1 Å². The number of piperidine rings is 1. The Bertz CT molecular complexity index is 844. The first-order valence-corrected chi connectivity index (χ1v) is 8.65. The lowest BCUT2D eigenvalue weighted by Gasteiger charge is -2.50. The summed E-state index contributed by atoms with van der Waals surface area (Å²) in [6.07, 6.45) is -3.19. The number of hydrogen-bond donors (Lipinski definition) is 1. The molecule has 0 radical (unpaired) electrons. The van der Waals surface area contributed by atoms with Gasteiger partial charge in [-0.1, -0.05) is 30.3 Å². The van der Waals surface area contributed by atoms with Crippen molar-refractivity contribution in [2.75, 3.05) is 24.6 Å². The first-order chi connectivity index (χ1) is 12.9. The lowest BCUT2D eigenvalue weighted by molar-refractivity contribution is -0.146. The van der Waals surface area contributed by atoms with Crippen molar-refractivity contribution in [3.63, 3.8) is 0 Å². The number of fused-ring (bicyclic) bond motifs is 1. The number of benzene rings is 1. The molecule has 0 saturated carbocycles. The molecular formula is C19H18F3N3O2. The van der Waals surface area contributed by atoms with Crippen LogP contribution < -0.4 is 10.2 Å². The number of carbonyl (C=O) groups is 1. The number of carbonyl (C=O) groups excluding carboxylic acids is 1. The average molecular weight is 377 g/mol. The van der Waals surface area contributed by atoms with Crippen LogP contribution in [-0.2, 0) is 21.2 Å². The van der Waals surface area contributed by atoms with Gasteiger partial charge in [0.2, 0.25) is 5.91 Å². The Morgan fingerprint density at radius 2 is 1.96 bits per heavy atom. The molecule has 0 aliphatic carbocycles. The van der Waals surface area contributed by atoms with Gasteiger partial charge in [-0.15, -0.1) is 0 Å². The number of nitrogens with zero attached hydrogens (tertiary/aromatic N) is 2. The van der Waals surface area contributed by atoms with E-state index in [-0.39, 0.29) is 24.9 Å². The number of pyridine rings is 1. The fraction of sp³-hybridized carbons (Fsp3) is 0.368. The average Bonchev–Trinajstić information content (AvgIpc) is 2.67. The number of nitrogens with one attached hydrogen (secondary N) is 1. The molecule has 27 heavy (non-hydrogen) atoms. The number of ether oxygens (including phenoxy) is 1. The fourth-order valence-corrected chi connectivity index (χ4v) is 3.92. The van der Waals surface area contributed by atoms with Gasteiger partial charge in [-0.2, -0.15) is 13.2 Å². The van der Waals surface area contributed by atoms with Crippen LogP contribution in [0.25, 0.3) is 0 Å². The second-order valence-corrected chi connectivity index (χ2v) is 6.75. The zero-order chi connectivity index (χ0) is 19.1. The summed E-state index contributed by atoms with van der Waals surface area (Å²) in [6, 6.07) is 11.7. The number of rotatable bonds is 2. The van der Waals surface area contributed by atoms with Crippen LogP contribution in [-0.4, -0.2) is 36.7 Å². The molecule has 2 saturated heterocycles. The van der Waals surface area contributed by atoms with Crippen LogP contribution in [0.15, 0.2) is 48.7 Å². The third-order valence-electron chi connectivity index (χ3n) is 5.17. The minimum Gasteiger partial charge on any atom is -0.364 e. The molecule has 2 atom stereocenters. The Labute approximate surface area is 154 Å². The van der Waals surface area contributed by atoms with Gasteiger partial charge >= 0.3 is 6.18 Å². The summed E-state index contributed by atoms with van der Waals surface area (Å²) in [5.74, 6) is -0.329. The zero-order valence-electron chi connectivity index (χ0n) is 14.4. The highest BCUT2D eigenvalue weighted by Gasteiger charge is 2.50. The summed E-state index contributed by atoms with van der Waals surface area (Å²) in [4.78, 5) is 17.6. The van der Waals surface area contributed by atoms with Crippen LogP contribution in [0.5, 0.6) is 0 Å². The van der Waals surface area contributed by atoms with E-state index in [4.69, 9.17) is 4.74 Å². The van der Waals surface area contributed by atoms with Crippen molar-refractivity contribution in [1.82, 2.24) is 10.3 Å². The molecule has 0 bridgehead atoms. The van der Waals surface area contributed by atoms with Gasteiger partial charge < -0.3 is 15.0 Å². The van der Waals surface area contributed by atoms with Crippen LogP contribution in [0, 0.1) is 0 Å². The van der Waals surface area contributed by atoms with E-state index >= 15 is 0 Å². The number of halogens is 3. The first-order valence-electron chi connectivity index (χ1n) is 8.65. The minimum atomic E-state index is -4.49. The number of amides is 1. The van der Waals surface area contributed by atoms with Crippen molar-refractivity contribution in [3.8, 4) is 0 Å². The summed E-state index contributed by atoms with van der Waals surface area (Å²) in [5, 5.41) is 3.03. The fourth-order valence-electron chi connectivity index (χ4n) is 3.92. The number of hydrogen-bond acceptors (Lipinski definition) is 4. The summed E-state index contributed by atoms with van der Waals surface area (Å²) in [7, 11) is 0. The van der Waals surface area contributed by atoms with Crippen LogP contribution in [0.2, 0.25) is 0 Å². The Kier molecular flexibility index (Phi) is 4.30. The third kappa shape index (κ3) is 3.14. The summed E-state index contributed by atoms with van der Waals surface area (Å²) >= 11 is 0. The van der Waals surface area contributed by atoms with E-state index in [1.807, 2.05) is 30.3 Å². The first kappa shape index (κ1) is 17.8. The van der Waals surface area contributed by atoms with E-state index in [1.54, 1.807) is 4.90 Å². The second kappa shape index (κ2) is 6.53. The maximum Gasteiger partial charge on any atom is 0.419 e. The Balaban J connectivity index is 1.68. The number of alkyl halides is 3. The molecule has 0 spiro atoms. The van der Waals surface area contributed by atoms with E-state index < -0.39 is 23.4 Å². The molecule has 1 amide bonds. The quantitative estimate of drug-likeness (QED) is 0.875. The molecule has 5 nitrogen and oxygen atoms in total. The highest BCUT2D eigenvalue weighted by Crippen LogP contribution is 2.41. The number of aromatic nitrogens is 1. The largest absolute Gasteiger partial charge is 0.419 e. The van der Waals surface area contributed by atoms with Gasteiger partial charge in [0.1, 0.15) is 18.5 Å². The predicted octanol–water partition coefficient (Wildman–Crippen LogP) is 2.72. The minimum absolute atomic E-state index is 0.104.